The Morgan fingerprint density at radius 2 is 0.778 bits per heavy atom. The van der Waals surface area contributed by atoms with Crippen molar-refractivity contribution in [3.05, 3.63) is 36.5 Å². The van der Waals surface area contributed by atoms with Gasteiger partial charge < -0.3 is 14.2 Å². The third-order valence-corrected chi connectivity index (χ3v) is 10.2. The van der Waals surface area contributed by atoms with Gasteiger partial charge in [0.15, 0.2) is 6.10 Å². The summed E-state index contributed by atoms with van der Waals surface area (Å²) in [6, 6.07) is 0. The quantitative estimate of drug-likeness (QED) is 0.0352. The molecule has 316 valence electrons. The highest BCUT2D eigenvalue weighted by atomic mass is 16.6. The van der Waals surface area contributed by atoms with Gasteiger partial charge in [-0.1, -0.05) is 205 Å². The summed E-state index contributed by atoms with van der Waals surface area (Å²) in [7, 11) is 0. The predicted molar refractivity (Wildman–Crippen MR) is 233 cm³/mol. The van der Waals surface area contributed by atoms with Gasteiger partial charge in [-0.25, -0.2) is 0 Å². The highest BCUT2D eigenvalue weighted by Gasteiger charge is 2.17. The lowest BCUT2D eigenvalue weighted by molar-refractivity contribution is -0.163. The Kier molecular flexibility index (Phi) is 43.9. The zero-order chi connectivity index (χ0) is 39.3. The Labute approximate surface area is 336 Å². The zero-order valence-electron chi connectivity index (χ0n) is 36.2. The fourth-order valence-corrected chi connectivity index (χ4v) is 6.63. The molecular weight excluding hydrogens is 669 g/mol. The standard InChI is InChI=1S/C49H90O5/c1-4-7-10-13-16-19-20-21-22-23-24-25-26-27-28-29-32-35-38-41-44-52-45-47(54-49(51)43-40-37-34-31-18-15-12-9-6-3)46-53-48(50)42-39-36-33-30-17-14-11-8-5-2/h16,19,21-22,24-25,47H,4-15,17-18,20,23,26-46H2,1-3H3/b19-16-,22-21-,25-24-. The number of unbranched alkanes of at least 4 members (excludes halogenated alkanes) is 26. The lowest BCUT2D eigenvalue weighted by atomic mass is 10.1. The summed E-state index contributed by atoms with van der Waals surface area (Å²) < 4.78 is 17.3. The first kappa shape index (κ1) is 52.1. The Hall–Kier alpha value is -1.88. The minimum Gasteiger partial charge on any atom is -0.462 e. The van der Waals surface area contributed by atoms with Gasteiger partial charge in [-0.15, -0.1) is 0 Å². The molecule has 0 heterocycles. The predicted octanol–water partition coefficient (Wildman–Crippen LogP) is 15.4. The van der Waals surface area contributed by atoms with Crippen LogP contribution in [0.4, 0.5) is 0 Å². The van der Waals surface area contributed by atoms with E-state index in [0.29, 0.717) is 19.4 Å². The Morgan fingerprint density at radius 1 is 0.407 bits per heavy atom. The molecule has 0 aromatic carbocycles. The molecule has 0 aromatic heterocycles. The van der Waals surface area contributed by atoms with Crippen molar-refractivity contribution in [3.8, 4) is 0 Å². The van der Waals surface area contributed by atoms with Crippen molar-refractivity contribution in [2.45, 2.75) is 245 Å². The summed E-state index contributed by atoms with van der Waals surface area (Å²) in [4.78, 5) is 25.1. The Bertz CT molecular complexity index is 862. The number of carbonyl (C=O) groups excluding carboxylic acids is 2. The maximum atomic E-state index is 12.7. The molecule has 0 rings (SSSR count). The summed E-state index contributed by atoms with van der Waals surface area (Å²) in [5.41, 5.74) is 0. The zero-order valence-corrected chi connectivity index (χ0v) is 36.2. The number of esters is 2. The normalized spacial score (nSPS) is 12.4. The van der Waals surface area contributed by atoms with Crippen molar-refractivity contribution in [3.63, 3.8) is 0 Å². The van der Waals surface area contributed by atoms with E-state index in [1.54, 1.807) is 0 Å². The van der Waals surface area contributed by atoms with Crippen LogP contribution in [0.15, 0.2) is 36.5 Å². The summed E-state index contributed by atoms with van der Waals surface area (Å²) in [5.74, 6) is -0.400. The van der Waals surface area contributed by atoms with Crippen molar-refractivity contribution >= 4 is 11.9 Å². The maximum Gasteiger partial charge on any atom is 0.306 e. The van der Waals surface area contributed by atoms with Crippen LogP contribution in [0.5, 0.6) is 0 Å². The molecule has 0 aromatic rings. The van der Waals surface area contributed by atoms with Gasteiger partial charge >= 0.3 is 11.9 Å². The van der Waals surface area contributed by atoms with Crippen LogP contribution in [0.2, 0.25) is 0 Å². The van der Waals surface area contributed by atoms with Gasteiger partial charge in [0.25, 0.3) is 0 Å². The first-order valence-electron chi connectivity index (χ1n) is 23.5. The molecule has 0 aliphatic heterocycles. The van der Waals surface area contributed by atoms with Crippen LogP contribution in [0.3, 0.4) is 0 Å². The number of ether oxygens (including phenoxy) is 3. The number of hydrogen-bond acceptors (Lipinski definition) is 5. The summed E-state index contributed by atoms with van der Waals surface area (Å²) in [5, 5.41) is 0. The SMILES string of the molecule is CCCCC/C=C\C/C=C\C/C=C\CCCCCCCCCOCC(COC(=O)CCCCCCCCCCC)OC(=O)CCCCCCCCCCC. The maximum absolute atomic E-state index is 12.7. The van der Waals surface area contributed by atoms with E-state index in [1.165, 1.54) is 154 Å². The molecule has 0 fully saturated rings. The van der Waals surface area contributed by atoms with Gasteiger partial charge in [-0.05, 0) is 57.8 Å². The highest BCUT2D eigenvalue weighted by Crippen LogP contribution is 2.14. The van der Waals surface area contributed by atoms with Crippen LogP contribution in [-0.2, 0) is 23.8 Å². The molecule has 0 N–H and O–H groups in total. The molecule has 0 radical (unpaired) electrons. The van der Waals surface area contributed by atoms with E-state index in [1.807, 2.05) is 0 Å². The Balaban J connectivity index is 4.14. The number of carbonyl (C=O) groups is 2. The van der Waals surface area contributed by atoms with Crippen molar-refractivity contribution in [1.82, 2.24) is 0 Å². The first-order valence-corrected chi connectivity index (χ1v) is 23.5. The molecule has 0 amide bonds. The second kappa shape index (κ2) is 45.5. The average Bonchev–Trinajstić information content (AvgIpc) is 3.17. The van der Waals surface area contributed by atoms with Crippen molar-refractivity contribution in [2.75, 3.05) is 19.8 Å². The van der Waals surface area contributed by atoms with Gasteiger partial charge in [0.05, 0.1) is 6.61 Å². The van der Waals surface area contributed by atoms with Crippen LogP contribution >= 0.6 is 0 Å². The van der Waals surface area contributed by atoms with Gasteiger partial charge in [0.1, 0.15) is 6.61 Å². The summed E-state index contributed by atoms with van der Waals surface area (Å²) >= 11 is 0. The fourth-order valence-electron chi connectivity index (χ4n) is 6.63. The second-order valence-corrected chi connectivity index (χ2v) is 15.7. The first-order chi connectivity index (χ1) is 26.6. The van der Waals surface area contributed by atoms with Crippen LogP contribution in [0, 0.1) is 0 Å². The molecule has 1 unspecified atom stereocenters. The summed E-state index contributed by atoms with van der Waals surface area (Å²) in [6.45, 7) is 7.77. The number of allylic oxidation sites excluding steroid dienone is 6. The lowest BCUT2D eigenvalue weighted by Gasteiger charge is -2.18. The molecule has 0 aliphatic carbocycles. The van der Waals surface area contributed by atoms with Crippen LogP contribution in [0.25, 0.3) is 0 Å². The van der Waals surface area contributed by atoms with Crippen LogP contribution < -0.4 is 0 Å². The van der Waals surface area contributed by atoms with E-state index in [0.717, 1.165) is 51.4 Å². The van der Waals surface area contributed by atoms with Gasteiger partial charge in [-0.3, -0.25) is 9.59 Å². The molecule has 54 heavy (non-hydrogen) atoms. The summed E-state index contributed by atoms with van der Waals surface area (Å²) in [6.07, 6.45) is 52.9. The van der Waals surface area contributed by atoms with Gasteiger partial charge in [0, 0.05) is 19.4 Å². The van der Waals surface area contributed by atoms with E-state index < -0.39 is 6.10 Å². The third-order valence-electron chi connectivity index (χ3n) is 10.2. The molecule has 0 bridgehead atoms. The smallest absolute Gasteiger partial charge is 0.306 e. The number of rotatable bonds is 43. The lowest BCUT2D eigenvalue weighted by Crippen LogP contribution is -2.30. The Morgan fingerprint density at radius 3 is 1.28 bits per heavy atom. The average molecular weight is 759 g/mol. The molecule has 1 atom stereocenters. The third kappa shape index (κ3) is 42.9. The highest BCUT2D eigenvalue weighted by molar-refractivity contribution is 5.70. The molecular formula is C49H90O5. The topological polar surface area (TPSA) is 61.8 Å². The minimum absolute atomic E-state index is 0.0858. The van der Waals surface area contributed by atoms with Crippen molar-refractivity contribution < 1.29 is 23.8 Å². The van der Waals surface area contributed by atoms with Crippen molar-refractivity contribution in [2.24, 2.45) is 0 Å². The van der Waals surface area contributed by atoms with E-state index >= 15 is 0 Å². The van der Waals surface area contributed by atoms with E-state index in [4.69, 9.17) is 14.2 Å². The molecule has 0 saturated heterocycles. The largest absolute Gasteiger partial charge is 0.462 e. The molecule has 0 saturated carbocycles. The minimum atomic E-state index is -0.532. The van der Waals surface area contributed by atoms with E-state index in [9.17, 15) is 9.59 Å². The van der Waals surface area contributed by atoms with Crippen LogP contribution in [-0.4, -0.2) is 37.9 Å². The molecule has 0 spiro atoms. The van der Waals surface area contributed by atoms with E-state index in [2.05, 4.69) is 57.2 Å². The molecule has 5 heteroatoms. The molecule has 5 nitrogen and oxygen atoms in total. The number of hydrogen-bond donors (Lipinski definition) is 0. The van der Waals surface area contributed by atoms with E-state index in [-0.39, 0.29) is 25.2 Å². The van der Waals surface area contributed by atoms with Gasteiger partial charge in [0.2, 0.25) is 0 Å². The monoisotopic (exact) mass is 759 g/mol. The van der Waals surface area contributed by atoms with Gasteiger partial charge in [-0.2, -0.15) is 0 Å². The fraction of sp³-hybridized carbons (Fsp3) is 0.837. The molecule has 0 aliphatic rings. The second-order valence-electron chi connectivity index (χ2n) is 15.7. The van der Waals surface area contributed by atoms with Crippen LogP contribution in [0.1, 0.15) is 239 Å². The van der Waals surface area contributed by atoms with Crippen molar-refractivity contribution in [1.29, 1.82) is 0 Å².